The first kappa shape index (κ1) is 15.4. The number of carbonyl (C=O) groups is 1. The molecule has 2 N–H and O–H groups in total. The minimum Gasteiger partial charge on any atom is -0.454 e. The Kier molecular flexibility index (Phi) is 5.15. The van der Waals surface area contributed by atoms with Crippen molar-refractivity contribution in [1.82, 2.24) is 0 Å². The Labute approximate surface area is 125 Å². The lowest BCUT2D eigenvalue weighted by atomic mass is 10.0. The average Bonchev–Trinajstić information content (AvgIpc) is 2.83. The van der Waals surface area contributed by atoms with Gasteiger partial charge in [0.1, 0.15) is 6.10 Å². The van der Waals surface area contributed by atoms with Crippen molar-refractivity contribution < 1.29 is 24.5 Å². The molecule has 2 atom stereocenters. The lowest BCUT2D eigenvalue weighted by molar-refractivity contribution is -0.109. The number of aliphatic hydroxyl groups excluding tert-OH is 2. The van der Waals surface area contributed by atoms with Gasteiger partial charge in [-0.25, -0.2) is 0 Å². The van der Waals surface area contributed by atoms with E-state index in [1.54, 1.807) is 12.1 Å². The molecular weight excluding hydrogens is 304 g/mol. The van der Waals surface area contributed by atoms with E-state index in [0.29, 0.717) is 27.8 Å². The van der Waals surface area contributed by atoms with Crippen molar-refractivity contribution >= 4 is 28.5 Å². The molecule has 0 amide bonds. The van der Waals surface area contributed by atoms with Crippen molar-refractivity contribution in [1.29, 1.82) is 0 Å². The van der Waals surface area contributed by atoms with Gasteiger partial charge in [-0.3, -0.25) is 4.79 Å². The van der Waals surface area contributed by atoms with Crippen LogP contribution in [0.3, 0.4) is 0 Å². The number of halogens is 1. The minimum absolute atomic E-state index is 0.0206. The van der Waals surface area contributed by atoms with Gasteiger partial charge in [-0.05, 0) is 12.5 Å². The molecule has 1 aromatic rings. The largest absolute Gasteiger partial charge is 0.454 e. The predicted octanol–water partition coefficient (Wildman–Crippen LogP) is 2.13. The van der Waals surface area contributed by atoms with Crippen molar-refractivity contribution in [2.75, 3.05) is 12.5 Å². The van der Waals surface area contributed by atoms with Crippen LogP contribution in [0.5, 0.6) is 11.5 Å². The molecule has 1 aliphatic rings. The number of benzene rings is 1. The smallest absolute Gasteiger partial charge is 0.231 e. The number of ether oxygens (including phenoxy) is 2. The Morgan fingerprint density at radius 1 is 1.40 bits per heavy atom. The quantitative estimate of drug-likeness (QED) is 0.866. The molecule has 5 nitrogen and oxygen atoms in total. The average molecular weight is 319 g/mol. The van der Waals surface area contributed by atoms with Gasteiger partial charge >= 0.3 is 0 Å². The van der Waals surface area contributed by atoms with Gasteiger partial charge in [-0.2, -0.15) is 0 Å². The Balaban J connectivity index is 2.04. The fourth-order valence-electron chi connectivity index (χ4n) is 1.85. The fraction of sp³-hybridized carbons (Fsp3) is 0.462. The Bertz CT molecular complexity index is 508. The van der Waals surface area contributed by atoms with Crippen LogP contribution in [0, 0.1) is 0 Å². The second-order valence-corrected chi connectivity index (χ2v) is 6.05. The van der Waals surface area contributed by atoms with Crippen LogP contribution in [0.25, 0.3) is 0 Å². The summed E-state index contributed by atoms with van der Waals surface area (Å²) in [4.78, 5) is 10.8. The second kappa shape index (κ2) is 6.67. The molecule has 7 heteroatoms. The van der Waals surface area contributed by atoms with Gasteiger partial charge in [-0.15, -0.1) is 0 Å². The van der Waals surface area contributed by atoms with E-state index in [-0.39, 0.29) is 18.3 Å². The molecule has 0 radical (unpaired) electrons. The first-order chi connectivity index (χ1) is 9.49. The van der Waals surface area contributed by atoms with Crippen LogP contribution < -0.4 is 9.47 Å². The van der Waals surface area contributed by atoms with E-state index in [2.05, 4.69) is 0 Å². The number of aliphatic hydroxyl groups is 2. The van der Waals surface area contributed by atoms with Gasteiger partial charge < -0.3 is 19.7 Å². The maximum Gasteiger partial charge on any atom is 0.231 e. The van der Waals surface area contributed by atoms with E-state index in [0.717, 1.165) is 11.8 Å². The summed E-state index contributed by atoms with van der Waals surface area (Å²) in [6.45, 7) is 1.57. The van der Waals surface area contributed by atoms with Crippen LogP contribution in [-0.2, 0) is 4.79 Å². The summed E-state index contributed by atoms with van der Waals surface area (Å²) < 4.78 is 10.4. The third-order valence-electron chi connectivity index (χ3n) is 2.89. The number of hydrogen-bond donors (Lipinski definition) is 2. The summed E-state index contributed by atoms with van der Waals surface area (Å²) in [5.41, 5.74) is 0.385. The van der Waals surface area contributed by atoms with Crippen molar-refractivity contribution in [3.63, 3.8) is 0 Å². The molecule has 0 bridgehead atoms. The number of carbonyl (C=O) groups excluding carboxylic acids is 1. The van der Waals surface area contributed by atoms with Crippen LogP contribution in [0.1, 0.15) is 25.0 Å². The molecule has 0 fully saturated rings. The zero-order chi connectivity index (χ0) is 14.7. The third-order valence-corrected chi connectivity index (χ3v) is 4.07. The highest BCUT2D eigenvalue weighted by molar-refractivity contribution is 8.13. The molecule has 1 aromatic carbocycles. The summed E-state index contributed by atoms with van der Waals surface area (Å²) in [5.74, 6) is 1.46. The summed E-state index contributed by atoms with van der Waals surface area (Å²) >= 11 is 7.17. The van der Waals surface area contributed by atoms with Crippen molar-refractivity contribution in [2.24, 2.45) is 0 Å². The van der Waals surface area contributed by atoms with E-state index in [9.17, 15) is 15.0 Å². The Morgan fingerprint density at radius 2 is 2.05 bits per heavy atom. The van der Waals surface area contributed by atoms with Crippen LogP contribution in [-0.4, -0.2) is 34.0 Å². The number of thioether (sulfide) groups is 1. The predicted molar refractivity (Wildman–Crippen MR) is 76.3 cm³/mol. The van der Waals surface area contributed by atoms with E-state index < -0.39 is 12.2 Å². The molecule has 2 unspecified atom stereocenters. The Hall–Kier alpha value is -0.950. The third kappa shape index (κ3) is 3.58. The molecule has 20 heavy (non-hydrogen) atoms. The molecule has 1 heterocycles. The molecule has 0 aliphatic carbocycles. The van der Waals surface area contributed by atoms with Gasteiger partial charge in [0, 0.05) is 24.3 Å². The van der Waals surface area contributed by atoms with E-state index in [4.69, 9.17) is 21.1 Å². The summed E-state index contributed by atoms with van der Waals surface area (Å²) in [5, 5.41) is 20.4. The van der Waals surface area contributed by atoms with Gasteiger partial charge in [0.15, 0.2) is 16.6 Å². The molecule has 0 saturated carbocycles. The molecule has 2 rings (SSSR count). The fourth-order valence-corrected chi connectivity index (χ4v) is 2.76. The summed E-state index contributed by atoms with van der Waals surface area (Å²) in [6.07, 6.45) is -1.85. The highest BCUT2D eigenvalue weighted by Crippen LogP contribution is 2.39. The molecule has 0 aromatic heterocycles. The Morgan fingerprint density at radius 3 is 2.70 bits per heavy atom. The van der Waals surface area contributed by atoms with Crippen molar-refractivity contribution in [3.8, 4) is 11.5 Å². The highest BCUT2D eigenvalue weighted by atomic mass is 35.5. The highest BCUT2D eigenvalue weighted by Gasteiger charge is 2.25. The van der Waals surface area contributed by atoms with Crippen molar-refractivity contribution in [3.05, 3.63) is 22.7 Å². The number of hydrogen-bond acceptors (Lipinski definition) is 6. The van der Waals surface area contributed by atoms with Crippen molar-refractivity contribution in [2.45, 2.75) is 25.6 Å². The topological polar surface area (TPSA) is 76.0 Å². The van der Waals surface area contributed by atoms with Gasteiger partial charge in [0.2, 0.25) is 6.79 Å². The maximum atomic E-state index is 10.8. The summed E-state index contributed by atoms with van der Waals surface area (Å²) in [6, 6.07) is 3.12. The minimum atomic E-state index is -1.13. The van der Waals surface area contributed by atoms with Crippen LogP contribution >= 0.6 is 23.4 Å². The second-order valence-electron chi connectivity index (χ2n) is 4.37. The molecule has 1 aliphatic heterocycles. The molecule has 0 spiro atoms. The van der Waals surface area contributed by atoms with E-state index in [1.807, 2.05) is 0 Å². The van der Waals surface area contributed by atoms with Gasteiger partial charge in [-0.1, -0.05) is 23.4 Å². The van der Waals surface area contributed by atoms with E-state index >= 15 is 0 Å². The first-order valence-corrected chi connectivity index (χ1v) is 7.44. The number of fused-ring (bicyclic) bond motifs is 1. The maximum absolute atomic E-state index is 10.8. The van der Waals surface area contributed by atoms with Crippen LogP contribution in [0.2, 0.25) is 5.02 Å². The van der Waals surface area contributed by atoms with Gasteiger partial charge in [0.25, 0.3) is 0 Å². The van der Waals surface area contributed by atoms with E-state index in [1.165, 1.54) is 6.92 Å². The summed E-state index contributed by atoms with van der Waals surface area (Å²) in [7, 11) is 0. The zero-order valence-corrected chi connectivity index (χ0v) is 12.4. The van der Waals surface area contributed by atoms with Crippen LogP contribution in [0.4, 0.5) is 0 Å². The normalized spacial score (nSPS) is 16.0. The standard InChI is InChI=1S/C13H15ClO5S/c1-7(15)20-3-2-10(16)13(17)8-4-11-12(5-9(8)14)19-6-18-11/h4-5,10,13,16-17H,2-3,6H2,1H3. The molecule has 0 saturated heterocycles. The first-order valence-electron chi connectivity index (χ1n) is 6.07. The number of rotatable bonds is 5. The lowest BCUT2D eigenvalue weighted by Crippen LogP contribution is -2.19. The molecule has 110 valence electrons. The SMILES string of the molecule is CC(=O)SCCC(O)C(O)c1cc2c(cc1Cl)OCO2. The van der Waals surface area contributed by atoms with Gasteiger partial charge in [0.05, 0.1) is 11.1 Å². The lowest BCUT2D eigenvalue weighted by Gasteiger charge is -2.19. The monoisotopic (exact) mass is 318 g/mol. The van der Waals surface area contributed by atoms with Crippen LogP contribution in [0.15, 0.2) is 12.1 Å². The zero-order valence-electron chi connectivity index (χ0n) is 10.8. The molecular formula is C13H15ClO5S.